The molecule has 1 atom stereocenters. The Labute approximate surface area is 159 Å². The van der Waals surface area contributed by atoms with Crippen molar-refractivity contribution in [2.24, 2.45) is 5.92 Å². The summed E-state index contributed by atoms with van der Waals surface area (Å²) in [7, 11) is 0. The van der Waals surface area contributed by atoms with Crippen LogP contribution in [-0.4, -0.2) is 15.0 Å². The van der Waals surface area contributed by atoms with E-state index in [-0.39, 0.29) is 5.92 Å². The highest BCUT2D eigenvalue weighted by molar-refractivity contribution is 6.30. The average molecular weight is 367 g/mol. The van der Waals surface area contributed by atoms with Gasteiger partial charge in [-0.1, -0.05) is 56.6 Å². The summed E-state index contributed by atoms with van der Waals surface area (Å²) in [5.74, 6) is 2.02. The Morgan fingerprint density at radius 3 is 2.27 bits per heavy atom. The highest BCUT2D eigenvalue weighted by Crippen LogP contribution is 2.23. The summed E-state index contributed by atoms with van der Waals surface area (Å²) in [6.07, 6.45) is 2.64. The SMILES string of the molecule is CC(C)Cc1ccc(C(C)c2ncnc(Nc3ccc(Cl)cc3)n2)cc1. The number of benzene rings is 2. The fourth-order valence-electron chi connectivity index (χ4n) is 2.80. The highest BCUT2D eigenvalue weighted by atomic mass is 35.5. The van der Waals surface area contributed by atoms with Gasteiger partial charge in [0.25, 0.3) is 0 Å². The Hall–Kier alpha value is -2.46. The van der Waals surface area contributed by atoms with Crippen LogP contribution in [-0.2, 0) is 6.42 Å². The molecule has 0 saturated heterocycles. The molecule has 134 valence electrons. The number of hydrogen-bond acceptors (Lipinski definition) is 4. The maximum Gasteiger partial charge on any atom is 0.230 e. The van der Waals surface area contributed by atoms with Gasteiger partial charge in [-0.2, -0.15) is 4.98 Å². The molecule has 0 amide bonds. The topological polar surface area (TPSA) is 50.7 Å². The summed E-state index contributed by atoms with van der Waals surface area (Å²) in [5.41, 5.74) is 3.44. The van der Waals surface area contributed by atoms with E-state index in [1.807, 2.05) is 24.3 Å². The fourth-order valence-corrected chi connectivity index (χ4v) is 2.93. The molecule has 1 heterocycles. The van der Waals surface area contributed by atoms with Gasteiger partial charge in [-0.3, -0.25) is 0 Å². The van der Waals surface area contributed by atoms with Crippen LogP contribution in [0.25, 0.3) is 0 Å². The van der Waals surface area contributed by atoms with Crippen molar-refractivity contribution in [3.05, 3.63) is 76.8 Å². The molecule has 0 fully saturated rings. The molecule has 0 aliphatic carbocycles. The molecule has 1 N–H and O–H groups in total. The second-order valence-electron chi connectivity index (χ2n) is 6.86. The molecular weight excluding hydrogens is 344 g/mol. The predicted molar refractivity (Wildman–Crippen MR) is 107 cm³/mol. The maximum absolute atomic E-state index is 5.92. The number of hydrogen-bond donors (Lipinski definition) is 1. The van der Waals surface area contributed by atoms with Gasteiger partial charge in [0.1, 0.15) is 12.2 Å². The van der Waals surface area contributed by atoms with Crippen molar-refractivity contribution in [1.29, 1.82) is 0 Å². The van der Waals surface area contributed by atoms with Crippen molar-refractivity contribution in [2.75, 3.05) is 5.32 Å². The van der Waals surface area contributed by atoms with E-state index in [4.69, 9.17) is 11.6 Å². The molecule has 1 unspecified atom stereocenters. The zero-order valence-corrected chi connectivity index (χ0v) is 16.0. The van der Waals surface area contributed by atoms with Gasteiger partial charge in [0.05, 0.1) is 0 Å². The molecule has 0 spiro atoms. The van der Waals surface area contributed by atoms with E-state index < -0.39 is 0 Å². The van der Waals surface area contributed by atoms with E-state index in [1.54, 1.807) is 6.33 Å². The Morgan fingerprint density at radius 1 is 0.923 bits per heavy atom. The lowest BCUT2D eigenvalue weighted by molar-refractivity contribution is 0.647. The van der Waals surface area contributed by atoms with Crippen LogP contribution in [0.3, 0.4) is 0 Å². The molecular formula is C21H23ClN4. The van der Waals surface area contributed by atoms with Crippen molar-refractivity contribution in [2.45, 2.75) is 33.1 Å². The minimum atomic E-state index is 0.0943. The largest absolute Gasteiger partial charge is 0.324 e. The zero-order chi connectivity index (χ0) is 18.5. The molecule has 0 aliphatic heterocycles. The first-order chi connectivity index (χ1) is 12.5. The van der Waals surface area contributed by atoms with Gasteiger partial charge in [-0.25, -0.2) is 9.97 Å². The van der Waals surface area contributed by atoms with Crippen molar-refractivity contribution in [3.8, 4) is 0 Å². The van der Waals surface area contributed by atoms with Crippen LogP contribution in [0.2, 0.25) is 5.02 Å². The predicted octanol–water partition coefficient (Wildman–Crippen LogP) is 5.62. The number of anilines is 2. The van der Waals surface area contributed by atoms with Gasteiger partial charge in [0.2, 0.25) is 5.95 Å². The molecule has 0 radical (unpaired) electrons. The first-order valence-electron chi connectivity index (χ1n) is 8.81. The Kier molecular flexibility index (Phi) is 5.84. The van der Waals surface area contributed by atoms with Gasteiger partial charge in [0.15, 0.2) is 0 Å². The van der Waals surface area contributed by atoms with Gasteiger partial charge >= 0.3 is 0 Å². The summed E-state index contributed by atoms with van der Waals surface area (Å²) >= 11 is 5.92. The molecule has 2 aromatic carbocycles. The number of halogens is 1. The number of nitrogens with zero attached hydrogens (tertiary/aromatic N) is 3. The van der Waals surface area contributed by atoms with Crippen LogP contribution >= 0.6 is 11.6 Å². The van der Waals surface area contributed by atoms with Crippen LogP contribution < -0.4 is 5.32 Å². The second kappa shape index (κ2) is 8.28. The molecule has 0 aliphatic rings. The summed E-state index contributed by atoms with van der Waals surface area (Å²) in [6.45, 7) is 6.58. The minimum Gasteiger partial charge on any atom is -0.324 e. The second-order valence-corrected chi connectivity index (χ2v) is 7.30. The van der Waals surface area contributed by atoms with Crippen molar-refractivity contribution in [1.82, 2.24) is 15.0 Å². The standard InChI is InChI=1S/C21H23ClN4/c1-14(2)12-16-4-6-17(7-5-16)15(3)20-23-13-24-21(26-20)25-19-10-8-18(22)9-11-19/h4-11,13-15H,12H2,1-3H3,(H,23,24,25,26). The zero-order valence-electron chi connectivity index (χ0n) is 15.3. The molecule has 5 heteroatoms. The smallest absolute Gasteiger partial charge is 0.230 e. The number of aromatic nitrogens is 3. The lowest BCUT2D eigenvalue weighted by atomic mass is 9.96. The van der Waals surface area contributed by atoms with Gasteiger partial charge in [-0.05, 0) is 47.7 Å². The van der Waals surface area contributed by atoms with Crippen molar-refractivity contribution in [3.63, 3.8) is 0 Å². The Morgan fingerprint density at radius 2 is 1.62 bits per heavy atom. The van der Waals surface area contributed by atoms with E-state index >= 15 is 0 Å². The quantitative estimate of drug-likeness (QED) is 0.615. The third-order valence-electron chi connectivity index (χ3n) is 4.20. The molecule has 26 heavy (non-hydrogen) atoms. The van der Waals surface area contributed by atoms with Crippen LogP contribution in [0.15, 0.2) is 54.9 Å². The molecule has 4 nitrogen and oxygen atoms in total. The van der Waals surface area contributed by atoms with E-state index in [1.165, 1.54) is 11.1 Å². The number of rotatable bonds is 6. The van der Waals surface area contributed by atoms with Gasteiger partial charge in [-0.15, -0.1) is 0 Å². The minimum absolute atomic E-state index is 0.0943. The summed E-state index contributed by atoms with van der Waals surface area (Å²) < 4.78 is 0. The van der Waals surface area contributed by atoms with E-state index in [0.717, 1.165) is 17.9 Å². The molecule has 3 rings (SSSR count). The van der Waals surface area contributed by atoms with Crippen LogP contribution in [0.4, 0.5) is 11.6 Å². The molecule has 0 saturated carbocycles. The van der Waals surface area contributed by atoms with Crippen LogP contribution in [0.1, 0.15) is 43.6 Å². The lowest BCUT2D eigenvalue weighted by Gasteiger charge is -2.13. The normalized spacial score (nSPS) is 12.2. The molecule has 0 bridgehead atoms. The third-order valence-corrected chi connectivity index (χ3v) is 4.45. The van der Waals surface area contributed by atoms with Crippen LogP contribution in [0.5, 0.6) is 0 Å². The summed E-state index contributed by atoms with van der Waals surface area (Å²) in [5, 5.41) is 3.88. The van der Waals surface area contributed by atoms with Crippen LogP contribution in [0, 0.1) is 5.92 Å². The third kappa shape index (κ3) is 4.79. The Bertz CT molecular complexity index is 845. The number of nitrogens with one attached hydrogen (secondary N) is 1. The lowest BCUT2D eigenvalue weighted by Crippen LogP contribution is -2.06. The highest BCUT2D eigenvalue weighted by Gasteiger charge is 2.13. The van der Waals surface area contributed by atoms with E-state index in [9.17, 15) is 0 Å². The average Bonchev–Trinajstić information content (AvgIpc) is 2.63. The van der Waals surface area contributed by atoms with Crippen molar-refractivity contribution >= 4 is 23.2 Å². The monoisotopic (exact) mass is 366 g/mol. The first-order valence-corrected chi connectivity index (χ1v) is 9.19. The molecule has 3 aromatic rings. The first kappa shape index (κ1) is 18.3. The maximum atomic E-state index is 5.92. The van der Waals surface area contributed by atoms with E-state index in [2.05, 4.69) is 65.3 Å². The van der Waals surface area contributed by atoms with Gasteiger partial charge in [0, 0.05) is 16.6 Å². The summed E-state index contributed by atoms with van der Waals surface area (Å²) in [4.78, 5) is 13.1. The van der Waals surface area contributed by atoms with Gasteiger partial charge < -0.3 is 5.32 Å². The van der Waals surface area contributed by atoms with E-state index in [0.29, 0.717) is 16.9 Å². The summed E-state index contributed by atoms with van der Waals surface area (Å²) in [6, 6.07) is 16.2. The fraction of sp³-hybridized carbons (Fsp3) is 0.286. The Balaban J connectivity index is 1.75. The molecule has 1 aromatic heterocycles. The van der Waals surface area contributed by atoms with Crippen molar-refractivity contribution < 1.29 is 0 Å².